The van der Waals surface area contributed by atoms with Gasteiger partial charge in [0.2, 0.25) is 0 Å². The molecule has 0 aromatic rings. The predicted octanol–water partition coefficient (Wildman–Crippen LogP) is 1.27. The molecule has 0 aromatic carbocycles. The molecule has 1 aliphatic heterocycles. The van der Waals surface area contributed by atoms with Crippen molar-refractivity contribution in [1.29, 1.82) is 0 Å². The van der Waals surface area contributed by atoms with Gasteiger partial charge in [-0.3, -0.25) is 9.59 Å². The van der Waals surface area contributed by atoms with Crippen LogP contribution >= 0.6 is 0 Å². The fourth-order valence-corrected chi connectivity index (χ4v) is 1.81. The molecule has 0 N–H and O–H groups in total. The molecule has 0 aromatic heterocycles. The Morgan fingerprint density at radius 1 is 1.25 bits per heavy atom. The molecule has 3 nitrogen and oxygen atoms in total. The highest BCUT2D eigenvalue weighted by molar-refractivity contribution is 5.97. The average Bonchev–Trinajstić information content (AvgIpc) is 2.62. The zero-order valence-electron chi connectivity index (χ0n) is 7.35. The number of rotatable bonds is 1. The van der Waals surface area contributed by atoms with Gasteiger partial charge in [0, 0.05) is 0 Å². The number of esters is 2. The summed E-state index contributed by atoms with van der Waals surface area (Å²) in [5.41, 5.74) is -0.514. The molecular weight excluding hydrogens is 156 g/mol. The average molecular weight is 168 g/mol. The third kappa shape index (κ3) is 0.765. The molecule has 1 saturated carbocycles. The Morgan fingerprint density at radius 2 is 1.83 bits per heavy atom. The van der Waals surface area contributed by atoms with Crippen molar-refractivity contribution >= 4 is 11.9 Å². The molecule has 0 amide bonds. The van der Waals surface area contributed by atoms with Gasteiger partial charge < -0.3 is 4.74 Å². The van der Waals surface area contributed by atoms with Crippen molar-refractivity contribution in [2.45, 2.75) is 33.1 Å². The second-order valence-corrected chi connectivity index (χ2v) is 4.33. The van der Waals surface area contributed by atoms with Crippen LogP contribution in [0.25, 0.3) is 0 Å². The fourth-order valence-electron chi connectivity index (χ4n) is 1.81. The maximum Gasteiger partial charge on any atom is 0.320 e. The van der Waals surface area contributed by atoms with Crippen LogP contribution in [0.3, 0.4) is 0 Å². The van der Waals surface area contributed by atoms with Crippen LogP contribution in [0.5, 0.6) is 0 Å². The summed E-state index contributed by atoms with van der Waals surface area (Å²) in [6.07, 6.45) is 2.33. The van der Waals surface area contributed by atoms with E-state index >= 15 is 0 Å². The van der Waals surface area contributed by atoms with Gasteiger partial charge >= 0.3 is 11.9 Å². The lowest BCUT2D eigenvalue weighted by molar-refractivity contribution is -0.156. The second kappa shape index (κ2) is 1.90. The molecule has 1 unspecified atom stereocenters. The van der Waals surface area contributed by atoms with E-state index in [9.17, 15) is 9.59 Å². The highest BCUT2D eigenvalue weighted by atomic mass is 16.6. The Hall–Kier alpha value is -0.860. The first-order valence-electron chi connectivity index (χ1n) is 4.23. The molecule has 1 heterocycles. The molecule has 2 fully saturated rings. The minimum absolute atomic E-state index is 0.0241. The predicted molar refractivity (Wildman–Crippen MR) is 41.2 cm³/mol. The number of cyclic esters (lactones) is 2. The molecule has 0 bridgehead atoms. The van der Waals surface area contributed by atoms with E-state index in [4.69, 9.17) is 0 Å². The van der Waals surface area contributed by atoms with Crippen LogP contribution in [0.4, 0.5) is 0 Å². The molecule has 1 saturated heterocycles. The van der Waals surface area contributed by atoms with Crippen LogP contribution in [-0.2, 0) is 14.3 Å². The van der Waals surface area contributed by atoms with Crippen molar-refractivity contribution in [1.82, 2.24) is 0 Å². The van der Waals surface area contributed by atoms with Crippen LogP contribution in [0.1, 0.15) is 33.1 Å². The third-order valence-corrected chi connectivity index (χ3v) is 3.49. The number of carbonyl (C=O) groups excluding carboxylic acids is 2. The first kappa shape index (κ1) is 7.77. The van der Waals surface area contributed by atoms with Crippen LogP contribution in [-0.4, -0.2) is 11.9 Å². The smallest absolute Gasteiger partial charge is 0.320 e. The van der Waals surface area contributed by atoms with E-state index in [0.29, 0.717) is 0 Å². The van der Waals surface area contributed by atoms with Gasteiger partial charge in [0.1, 0.15) is 0 Å². The van der Waals surface area contributed by atoms with Gasteiger partial charge in [0.25, 0.3) is 0 Å². The zero-order valence-corrected chi connectivity index (χ0v) is 7.35. The fraction of sp³-hybridized carbons (Fsp3) is 0.778. The van der Waals surface area contributed by atoms with Gasteiger partial charge in [-0.15, -0.1) is 0 Å². The Balaban J connectivity index is 2.31. The van der Waals surface area contributed by atoms with Crippen LogP contribution < -0.4 is 0 Å². The van der Waals surface area contributed by atoms with Crippen LogP contribution in [0, 0.1) is 10.8 Å². The minimum atomic E-state index is -0.538. The van der Waals surface area contributed by atoms with E-state index in [2.05, 4.69) is 4.74 Å². The van der Waals surface area contributed by atoms with Crippen LogP contribution in [0.15, 0.2) is 0 Å². The van der Waals surface area contributed by atoms with E-state index in [-0.39, 0.29) is 23.8 Å². The molecule has 12 heavy (non-hydrogen) atoms. The summed E-state index contributed by atoms with van der Waals surface area (Å²) >= 11 is 0. The van der Waals surface area contributed by atoms with Crippen molar-refractivity contribution in [2.24, 2.45) is 10.8 Å². The van der Waals surface area contributed by atoms with E-state index in [1.807, 2.05) is 13.8 Å². The van der Waals surface area contributed by atoms with Crippen molar-refractivity contribution in [3.05, 3.63) is 0 Å². The second-order valence-electron chi connectivity index (χ2n) is 4.33. The van der Waals surface area contributed by atoms with Crippen LogP contribution in [0.2, 0.25) is 0 Å². The Labute approximate surface area is 71.1 Å². The molecule has 1 atom stereocenters. The lowest BCUT2D eigenvalue weighted by Gasteiger charge is -2.25. The number of hydrogen-bond acceptors (Lipinski definition) is 3. The van der Waals surface area contributed by atoms with Gasteiger partial charge in [-0.2, -0.15) is 0 Å². The van der Waals surface area contributed by atoms with Gasteiger partial charge in [-0.05, 0) is 25.2 Å². The number of ether oxygens (including phenoxy) is 1. The summed E-state index contributed by atoms with van der Waals surface area (Å²) in [5.74, 6) is -0.692. The lowest BCUT2D eigenvalue weighted by Crippen LogP contribution is -2.31. The first-order chi connectivity index (χ1) is 5.48. The van der Waals surface area contributed by atoms with Gasteiger partial charge in [-0.25, -0.2) is 0 Å². The highest BCUT2D eigenvalue weighted by Crippen LogP contribution is 2.61. The van der Waals surface area contributed by atoms with E-state index in [0.717, 1.165) is 12.8 Å². The Bertz CT molecular complexity index is 265. The summed E-state index contributed by atoms with van der Waals surface area (Å²) in [6.45, 7) is 3.89. The monoisotopic (exact) mass is 168 g/mol. The maximum atomic E-state index is 11.4. The van der Waals surface area contributed by atoms with Gasteiger partial charge in [0.05, 0.1) is 11.8 Å². The SMILES string of the molecule is CC1(C2(C)CC(=O)OC2=O)CC1. The van der Waals surface area contributed by atoms with Gasteiger partial charge in [0.15, 0.2) is 0 Å². The van der Waals surface area contributed by atoms with E-state index in [1.165, 1.54) is 0 Å². The molecule has 2 rings (SSSR count). The third-order valence-electron chi connectivity index (χ3n) is 3.49. The van der Waals surface area contributed by atoms with E-state index in [1.54, 1.807) is 0 Å². The highest BCUT2D eigenvalue weighted by Gasteiger charge is 2.62. The van der Waals surface area contributed by atoms with Crippen molar-refractivity contribution in [2.75, 3.05) is 0 Å². The normalized spacial score (nSPS) is 38.2. The quantitative estimate of drug-likeness (QED) is 0.437. The summed E-state index contributed by atoms with van der Waals surface area (Å²) in [6, 6.07) is 0. The first-order valence-corrected chi connectivity index (χ1v) is 4.23. The molecular formula is C9H12O3. The Kier molecular flexibility index (Phi) is 1.23. The molecule has 0 spiro atoms. The maximum absolute atomic E-state index is 11.4. The molecule has 2 aliphatic rings. The number of carbonyl (C=O) groups is 2. The van der Waals surface area contributed by atoms with Crippen molar-refractivity contribution < 1.29 is 14.3 Å². The molecule has 3 heteroatoms. The molecule has 1 aliphatic carbocycles. The summed E-state index contributed by atoms with van der Waals surface area (Å²) < 4.78 is 4.57. The summed E-state index contributed by atoms with van der Waals surface area (Å²) in [5, 5.41) is 0. The van der Waals surface area contributed by atoms with Crippen molar-refractivity contribution in [3.8, 4) is 0 Å². The minimum Gasteiger partial charge on any atom is -0.393 e. The summed E-state index contributed by atoms with van der Waals surface area (Å²) in [7, 11) is 0. The molecule has 0 radical (unpaired) electrons. The zero-order chi connectivity index (χ0) is 8.98. The molecule has 66 valence electrons. The largest absolute Gasteiger partial charge is 0.393 e. The van der Waals surface area contributed by atoms with Crippen molar-refractivity contribution in [3.63, 3.8) is 0 Å². The van der Waals surface area contributed by atoms with E-state index < -0.39 is 5.41 Å². The Morgan fingerprint density at radius 3 is 2.17 bits per heavy atom. The van der Waals surface area contributed by atoms with Gasteiger partial charge in [-0.1, -0.05) is 6.92 Å². The topological polar surface area (TPSA) is 43.4 Å². The summed E-state index contributed by atoms with van der Waals surface area (Å²) in [4.78, 5) is 22.3. The number of hydrogen-bond donors (Lipinski definition) is 0. The standard InChI is InChI=1S/C9H12O3/c1-8(3-4-8)9(2)5-6(10)12-7(9)11/h3-5H2,1-2H3. The lowest BCUT2D eigenvalue weighted by atomic mass is 9.74.